The van der Waals surface area contributed by atoms with Gasteiger partial charge in [0.1, 0.15) is 12.4 Å². The van der Waals surface area contributed by atoms with E-state index in [0.717, 1.165) is 21.3 Å². The molecular formula is C23H22BrFN4O3. The summed E-state index contributed by atoms with van der Waals surface area (Å²) in [6.45, 7) is 2.70. The standard InChI is InChI=1S/C23H22BrFN4O3/c1-2-27-11-12-28(23(32)22(27)31)14-21(30)29-20(16-5-9-18(25)10-6-16)13-19(26-29)15-3-7-17(24)8-4-15/h3-10,20H,2,11-14H2,1H3/t20-/m0/s1. The molecule has 2 heterocycles. The second-order valence-electron chi connectivity index (χ2n) is 7.67. The van der Waals surface area contributed by atoms with Gasteiger partial charge in [0.15, 0.2) is 0 Å². The topological polar surface area (TPSA) is 73.3 Å². The molecular weight excluding hydrogens is 479 g/mol. The highest BCUT2D eigenvalue weighted by Crippen LogP contribution is 2.33. The fourth-order valence-electron chi connectivity index (χ4n) is 3.90. The van der Waals surface area contributed by atoms with E-state index in [2.05, 4.69) is 21.0 Å². The second kappa shape index (κ2) is 9.20. The molecule has 166 valence electrons. The minimum absolute atomic E-state index is 0.239. The van der Waals surface area contributed by atoms with Crippen molar-refractivity contribution < 1.29 is 18.8 Å². The molecule has 0 aromatic heterocycles. The Morgan fingerprint density at radius 2 is 1.66 bits per heavy atom. The van der Waals surface area contributed by atoms with Gasteiger partial charge in [-0.15, -0.1) is 0 Å². The first-order valence-electron chi connectivity index (χ1n) is 10.4. The lowest BCUT2D eigenvalue weighted by molar-refractivity contribution is -0.157. The Labute approximate surface area is 193 Å². The summed E-state index contributed by atoms with van der Waals surface area (Å²) < 4.78 is 14.4. The smallest absolute Gasteiger partial charge is 0.312 e. The number of amides is 3. The van der Waals surface area contributed by atoms with Crippen molar-refractivity contribution in [1.82, 2.24) is 14.8 Å². The van der Waals surface area contributed by atoms with Crippen molar-refractivity contribution in [2.75, 3.05) is 26.2 Å². The van der Waals surface area contributed by atoms with Crippen molar-refractivity contribution >= 4 is 39.4 Å². The molecule has 0 saturated carbocycles. The zero-order valence-corrected chi connectivity index (χ0v) is 19.1. The Kier molecular flexibility index (Phi) is 6.36. The fourth-order valence-corrected chi connectivity index (χ4v) is 4.17. The predicted octanol–water partition coefficient (Wildman–Crippen LogP) is 2.96. The van der Waals surface area contributed by atoms with Crippen LogP contribution in [0.15, 0.2) is 58.1 Å². The molecule has 1 saturated heterocycles. The number of hydrogen-bond donors (Lipinski definition) is 0. The molecule has 3 amide bonds. The van der Waals surface area contributed by atoms with Gasteiger partial charge in [0.2, 0.25) is 0 Å². The van der Waals surface area contributed by atoms with Crippen molar-refractivity contribution in [3.63, 3.8) is 0 Å². The minimum Gasteiger partial charge on any atom is -0.333 e. The molecule has 2 aromatic rings. The second-order valence-corrected chi connectivity index (χ2v) is 8.59. The summed E-state index contributed by atoms with van der Waals surface area (Å²) in [5.74, 6) is -2.03. The average Bonchev–Trinajstić information content (AvgIpc) is 3.24. The molecule has 0 N–H and O–H groups in total. The van der Waals surface area contributed by atoms with E-state index in [9.17, 15) is 18.8 Å². The van der Waals surface area contributed by atoms with Crippen LogP contribution in [-0.4, -0.2) is 64.4 Å². The first-order chi connectivity index (χ1) is 15.4. The lowest BCUT2D eigenvalue weighted by Gasteiger charge is -2.33. The third-order valence-electron chi connectivity index (χ3n) is 5.70. The summed E-state index contributed by atoms with van der Waals surface area (Å²) in [4.78, 5) is 40.6. The summed E-state index contributed by atoms with van der Waals surface area (Å²) in [6.07, 6.45) is 0.454. The van der Waals surface area contributed by atoms with Crippen LogP contribution in [0.2, 0.25) is 0 Å². The SMILES string of the molecule is CCN1CCN(CC(=O)N2N=C(c3ccc(Br)cc3)C[C@H]2c2ccc(F)cc2)C(=O)C1=O. The van der Waals surface area contributed by atoms with Crippen molar-refractivity contribution in [1.29, 1.82) is 0 Å². The van der Waals surface area contributed by atoms with Crippen LogP contribution >= 0.6 is 15.9 Å². The molecule has 2 aliphatic heterocycles. The molecule has 2 aromatic carbocycles. The summed E-state index contributed by atoms with van der Waals surface area (Å²) in [7, 11) is 0. The van der Waals surface area contributed by atoms with Crippen LogP contribution in [0.1, 0.15) is 30.5 Å². The van der Waals surface area contributed by atoms with E-state index in [0.29, 0.717) is 26.1 Å². The van der Waals surface area contributed by atoms with Crippen LogP contribution in [-0.2, 0) is 14.4 Å². The zero-order valence-electron chi connectivity index (χ0n) is 17.5. The number of carbonyl (C=O) groups is 3. The molecule has 1 fully saturated rings. The molecule has 7 nitrogen and oxygen atoms in total. The Morgan fingerprint density at radius 1 is 1.03 bits per heavy atom. The van der Waals surface area contributed by atoms with Crippen LogP contribution < -0.4 is 0 Å². The van der Waals surface area contributed by atoms with E-state index in [4.69, 9.17) is 0 Å². The highest BCUT2D eigenvalue weighted by atomic mass is 79.9. The number of nitrogens with zero attached hydrogens (tertiary/aromatic N) is 4. The lowest BCUT2D eigenvalue weighted by Crippen LogP contribution is -2.56. The monoisotopic (exact) mass is 500 g/mol. The van der Waals surface area contributed by atoms with E-state index in [-0.39, 0.29) is 12.4 Å². The maximum atomic E-state index is 13.5. The van der Waals surface area contributed by atoms with Gasteiger partial charge in [-0.25, -0.2) is 9.40 Å². The van der Waals surface area contributed by atoms with Crippen LogP contribution in [0, 0.1) is 5.82 Å². The number of likely N-dealkylation sites (N-methyl/N-ethyl adjacent to an activating group) is 1. The van der Waals surface area contributed by atoms with Gasteiger partial charge in [-0.3, -0.25) is 14.4 Å². The summed E-state index contributed by atoms with van der Waals surface area (Å²) in [5.41, 5.74) is 2.34. The van der Waals surface area contributed by atoms with Crippen molar-refractivity contribution in [2.45, 2.75) is 19.4 Å². The van der Waals surface area contributed by atoms with Gasteiger partial charge < -0.3 is 9.80 Å². The number of hydrazone groups is 1. The molecule has 32 heavy (non-hydrogen) atoms. The van der Waals surface area contributed by atoms with Crippen LogP contribution in [0.25, 0.3) is 0 Å². The van der Waals surface area contributed by atoms with Crippen LogP contribution in [0.5, 0.6) is 0 Å². The minimum atomic E-state index is -0.680. The van der Waals surface area contributed by atoms with Gasteiger partial charge in [0.05, 0.1) is 11.8 Å². The van der Waals surface area contributed by atoms with Gasteiger partial charge >= 0.3 is 11.8 Å². The van der Waals surface area contributed by atoms with E-state index in [1.165, 1.54) is 26.9 Å². The van der Waals surface area contributed by atoms with Crippen LogP contribution in [0.3, 0.4) is 0 Å². The zero-order chi connectivity index (χ0) is 22.8. The van der Waals surface area contributed by atoms with Gasteiger partial charge in [0, 0.05) is 30.5 Å². The highest BCUT2D eigenvalue weighted by molar-refractivity contribution is 9.10. The van der Waals surface area contributed by atoms with E-state index < -0.39 is 23.8 Å². The molecule has 0 aliphatic carbocycles. The molecule has 0 bridgehead atoms. The summed E-state index contributed by atoms with van der Waals surface area (Å²) >= 11 is 3.41. The Morgan fingerprint density at radius 3 is 2.31 bits per heavy atom. The maximum absolute atomic E-state index is 13.5. The number of hydrogen-bond acceptors (Lipinski definition) is 4. The molecule has 4 rings (SSSR count). The molecule has 9 heteroatoms. The van der Waals surface area contributed by atoms with Crippen LogP contribution in [0.4, 0.5) is 4.39 Å². The molecule has 2 aliphatic rings. The number of carbonyl (C=O) groups excluding carboxylic acids is 3. The first-order valence-corrected chi connectivity index (χ1v) is 11.2. The largest absolute Gasteiger partial charge is 0.333 e. The Bertz CT molecular complexity index is 1070. The van der Waals surface area contributed by atoms with Crippen molar-refractivity contribution in [2.24, 2.45) is 5.10 Å². The number of piperazine rings is 1. The van der Waals surface area contributed by atoms with Gasteiger partial charge in [0.25, 0.3) is 5.91 Å². The quantitative estimate of drug-likeness (QED) is 0.592. The van der Waals surface area contributed by atoms with Crippen molar-refractivity contribution in [3.8, 4) is 0 Å². The third-order valence-corrected chi connectivity index (χ3v) is 6.23. The van der Waals surface area contributed by atoms with Crippen molar-refractivity contribution in [3.05, 3.63) is 69.9 Å². The highest BCUT2D eigenvalue weighted by Gasteiger charge is 2.37. The summed E-state index contributed by atoms with van der Waals surface area (Å²) in [5, 5.41) is 5.92. The predicted molar refractivity (Wildman–Crippen MR) is 120 cm³/mol. The third kappa shape index (κ3) is 4.43. The summed E-state index contributed by atoms with van der Waals surface area (Å²) in [6, 6.07) is 13.1. The maximum Gasteiger partial charge on any atom is 0.312 e. The number of rotatable bonds is 5. The molecule has 0 radical (unpaired) electrons. The number of benzene rings is 2. The van der Waals surface area contributed by atoms with E-state index >= 15 is 0 Å². The van der Waals surface area contributed by atoms with E-state index in [1.54, 1.807) is 12.1 Å². The first kappa shape index (κ1) is 22.1. The Hall–Kier alpha value is -3.07. The normalized spacial score (nSPS) is 18.9. The van der Waals surface area contributed by atoms with E-state index in [1.807, 2.05) is 31.2 Å². The van der Waals surface area contributed by atoms with Gasteiger partial charge in [-0.1, -0.05) is 40.2 Å². The molecule has 0 spiro atoms. The molecule has 0 unspecified atom stereocenters. The number of halogens is 2. The molecule has 1 atom stereocenters. The van der Waals surface area contributed by atoms with Gasteiger partial charge in [-0.05, 0) is 42.3 Å². The fraction of sp³-hybridized carbons (Fsp3) is 0.304. The van der Waals surface area contributed by atoms with Gasteiger partial charge in [-0.2, -0.15) is 5.10 Å². The lowest BCUT2D eigenvalue weighted by atomic mass is 9.98. The average molecular weight is 501 g/mol. The Balaban J connectivity index is 1.59.